The number of cyclic esters (lactones) is 1. The highest BCUT2D eigenvalue weighted by Crippen LogP contribution is 2.33. The van der Waals surface area contributed by atoms with Gasteiger partial charge in [0.2, 0.25) is 12.2 Å². The van der Waals surface area contributed by atoms with E-state index in [0.29, 0.717) is 24.3 Å². The van der Waals surface area contributed by atoms with Crippen molar-refractivity contribution in [2.45, 2.75) is 37.9 Å². The molecule has 2 unspecified atom stereocenters. The maximum atomic E-state index is 13.0. The molecule has 2 aliphatic heterocycles. The molecule has 1 fully saturated rings. The van der Waals surface area contributed by atoms with E-state index in [9.17, 15) is 19.5 Å². The van der Waals surface area contributed by atoms with Gasteiger partial charge in [-0.1, -0.05) is 42.5 Å². The predicted octanol–water partition coefficient (Wildman–Crippen LogP) is 0.481. The maximum Gasteiger partial charge on any atom is 0.310 e. The lowest BCUT2D eigenvalue weighted by Crippen LogP contribution is -2.50. The van der Waals surface area contributed by atoms with Gasteiger partial charge in [0.1, 0.15) is 12.6 Å². The van der Waals surface area contributed by atoms with E-state index in [4.69, 9.17) is 15.2 Å². The highest BCUT2D eigenvalue weighted by atomic mass is 16.7. The normalized spacial score (nSPS) is 22.1. The first-order chi connectivity index (χ1) is 16.5. The van der Waals surface area contributed by atoms with E-state index in [-0.39, 0.29) is 25.5 Å². The summed E-state index contributed by atoms with van der Waals surface area (Å²) in [7, 11) is 0. The topological polar surface area (TPSA) is 134 Å². The van der Waals surface area contributed by atoms with Crippen molar-refractivity contribution in [1.29, 1.82) is 0 Å². The number of hydrogen-bond donors (Lipinski definition) is 3. The Morgan fingerprint density at radius 2 is 1.82 bits per heavy atom. The van der Waals surface area contributed by atoms with E-state index >= 15 is 0 Å². The van der Waals surface area contributed by atoms with Crippen molar-refractivity contribution in [3.8, 4) is 0 Å². The molecule has 2 amide bonds. The number of nitrogens with two attached hydrogens (primary N) is 1. The minimum atomic E-state index is -0.889. The molecule has 34 heavy (non-hydrogen) atoms. The van der Waals surface area contributed by atoms with E-state index < -0.39 is 37.0 Å². The smallest absolute Gasteiger partial charge is 0.310 e. The third kappa shape index (κ3) is 5.36. The largest absolute Gasteiger partial charge is 0.433 e. The number of fused-ring (bicyclic) bond motifs is 1. The van der Waals surface area contributed by atoms with Crippen LogP contribution in [0.1, 0.15) is 18.4 Å². The molecule has 10 nitrogen and oxygen atoms in total. The number of benzene rings is 2. The van der Waals surface area contributed by atoms with E-state index in [1.54, 1.807) is 29.2 Å². The second kappa shape index (κ2) is 10.6. The lowest BCUT2D eigenvalue weighted by molar-refractivity contribution is -0.168. The number of nitrogens with one attached hydrogen (secondary N) is 1. The first-order valence-corrected chi connectivity index (χ1v) is 11.1. The molecule has 2 aromatic carbocycles. The molecular formula is C24H28N4O6. The number of anilines is 2. The Morgan fingerprint density at radius 1 is 1.12 bits per heavy atom. The van der Waals surface area contributed by atoms with Crippen LogP contribution >= 0.6 is 0 Å². The summed E-state index contributed by atoms with van der Waals surface area (Å²) < 4.78 is 11.0. The van der Waals surface area contributed by atoms with Crippen LogP contribution in [0.15, 0.2) is 54.6 Å². The van der Waals surface area contributed by atoms with Crippen molar-refractivity contribution >= 4 is 29.2 Å². The van der Waals surface area contributed by atoms with Crippen molar-refractivity contribution in [2.75, 3.05) is 29.5 Å². The third-order valence-corrected chi connectivity index (χ3v) is 5.85. The molecular weight excluding hydrogens is 440 g/mol. The van der Waals surface area contributed by atoms with Gasteiger partial charge in [-0.05, 0) is 24.1 Å². The number of ether oxygens (including phenoxy) is 2. The Labute approximate surface area is 197 Å². The van der Waals surface area contributed by atoms with Crippen LogP contribution in [0.5, 0.6) is 0 Å². The number of aliphatic hydroxyl groups excluding tert-OH is 1. The molecule has 2 aromatic rings. The van der Waals surface area contributed by atoms with E-state index in [1.165, 1.54) is 4.90 Å². The molecule has 0 radical (unpaired) electrons. The standard InChI is InChI=1S/C24H28N4O6/c25-20-10-11-27(22(31)14-29)18-8-4-5-9-19(18)28(20)13-21(30)26-17-12-23(32)34-24(17)33-15-16-6-2-1-3-7-16/h1-9,17,20,24,29H,10-15,25H2,(H,26,30)/t17-,20?,24?/m0/s1. The summed E-state index contributed by atoms with van der Waals surface area (Å²) in [6, 6.07) is 15.9. The summed E-state index contributed by atoms with van der Waals surface area (Å²) in [5.74, 6) is -1.24. The minimum Gasteiger partial charge on any atom is -0.433 e. The van der Waals surface area contributed by atoms with E-state index in [2.05, 4.69) is 5.32 Å². The van der Waals surface area contributed by atoms with Gasteiger partial charge in [-0.25, -0.2) is 0 Å². The molecule has 0 spiro atoms. The molecule has 0 saturated carbocycles. The zero-order chi connectivity index (χ0) is 24.1. The molecule has 3 atom stereocenters. The quantitative estimate of drug-likeness (QED) is 0.500. The van der Waals surface area contributed by atoms with Crippen molar-refractivity contribution in [2.24, 2.45) is 5.73 Å². The number of nitrogens with zero attached hydrogens (tertiary/aromatic N) is 2. The van der Waals surface area contributed by atoms with Gasteiger partial charge in [0, 0.05) is 6.54 Å². The molecule has 4 rings (SSSR count). The highest BCUT2D eigenvalue weighted by molar-refractivity contribution is 5.98. The van der Waals surface area contributed by atoms with Gasteiger partial charge in [0.05, 0.1) is 37.1 Å². The number of hydrogen-bond acceptors (Lipinski definition) is 8. The molecule has 2 heterocycles. The van der Waals surface area contributed by atoms with Crippen LogP contribution < -0.4 is 20.9 Å². The summed E-state index contributed by atoms with van der Waals surface area (Å²) >= 11 is 0. The molecule has 0 aromatic heterocycles. The average Bonchev–Trinajstić information content (AvgIpc) is 3.13. The number of carbonyl (C=O) groups excluding carboxylic acids is 3. The Kier molecular flexibility index (Phi) is 7.41. The molecule has 0 bridgehead atoms. The van der Waals surface area contributed by atoms with Gasteiger partial charge < -0.3 is 35.4 Å². The first-order valence-electron chi connectivity index (χ1n) is 11.1. The predicted molar refractivity (Wildman–Crippen MR) is 123 cm³/mol. The van der Waals surface area contributed by atoms with Gasteiger partial charge in [-0.2, -0.15) is 0 Å². The molecule has 4 N–H and O–H groups in total. The van der Waals surface area contributed by atoms with Crippen LogP contribution in [0.3, 0.4) is 0 Å². The SMILES string of the molecule is NC1CCN(C(=O)CO)c2ccccc2N1CC(=O)N[C@H]1CC(=O)OC1OCc1ccccc1. The zero-order valence-corrected chi connectivity index (χ0v) is 18.6. The maximum absolute atomic E-state index is 13.0. The van der Waals surface area contributed by atoms with Crippen LogP contribution in [0, 0.1) is 0 Å². The fourth-order valence-electron chi connectivity index (χ4n) is 4.16. The van der Waals surface area contributed by atoms with Crippen molar-refractivity contribution in [3.63, 3.8) is 0 Å². The number of esters is 1. The van der Waals surface area contributed by atoms with Gasteiger partial charge in [0.15, 0.2) is 0 Å². The van der Waals surface area contributed by atoms with Crippen LogP contribution in [0.2, 0.25) is 0 Å². The van der Waals surface area contributed by atoms with Gasteiger partial charge >= 0.3 is 5.97 Å². The van der Waals surface area contributed by atoms with Crippen molar-refractivity contribution in [3.05, 3.63) is 60.2 Å². The molecule has 1 saturated heterocycles. The number of amides is 2. The molecule has 0 aliphatic carbocycles. The second-order valence-corrected chi connectivity index (χ2v) is 8.21. The zero-order valence-electron chi connectivity index (χ0n) is 18.6. The Balaban J connectivity index is 1.44. The number of carbonyl (C=O) groups is 3. The second-order valence-electron chi connectivity index (χ2n) is 8.21. The third-order valence-electron chi connectivity index (χ3n) is 5.85. The number of para-hydroxylation sites is 2. The van der Waals surface area contributed by atoms with Gasteiger partial charge in [0.25, 0.3) is 5.91 Å². The first kappa shape index (κ1) is 23.7. The Morgan fingerprint density at radius 3 is 2.56 bits per heavy atom. The molecule has 2 aliphatic rings. The van der Waals surface area contributed by atoms with E-state index in [0.717, 1.165) is 5.56 Å². The highest BCUT2D eigenvalue weighted by Gasteiger charge is 2.37. The number of aliphatic hydroxyl groups is 1. The Hall–Kier alpha value is -3.47. The van der Waals surface area contributed by atoms with Crippen LogP contribution in [0.25, 0.3) is 0 Å². The summed E-state index contributed by atoms with van der Waals surface area (Å²) in [5, 5.41) is 12.2. The van der Waals surface area contributed by atoms with Crippen molar-refractivity contribution < 1.29 is 29.0 Å². The summed E-state index contributed by atoms with van der Waals surface area (Å²) in [4.78, 5) is 40.3. The fourth-order valence-corrected chi connectivity index (χ4v) is 4.16. The van der Waals surface area contributed by atoms with Crippen molar-refractivity contribution in [1.82, 2.24) is 5.32 Å². The lowest BCUT2D eigenvalue weighted by Gasteiger charge is -2.30. The lowest BCUT2D eigenvalue weighted by atomic mass is 10.2. The van der Waals surface area contributed by atoms with Crippen LogP contribution in [-0.4, -0.2) is 61.1 Å². The Bertz CT molecular complexity index is 1030. The van der Waals surface area contributed by atoms with Gasteiger partial charge in [-0.15, -0.1) is 0 Å². The molecule has 10 heteroatoms. The monoisotopic (exact) mass is 468 g/mol. The minimum absolute atomic E-state index is 0.00656. The van der Waals surface area contributed by atoms with Crippen LogP contribution in [-0.2, 0) is 30.5 Å². The fraction of sp³-hybridized carbons (Fsp3) is 0.375. The van der Waals surface area contributed by atoms with E-state index in [1.807, 2.05) is 30.3 Å². The molecule has 180 valence electrons. The summed E-state index contributed by atoms with van der Waals surface area (Å²) in [6.07, 6.45) is -1.01. The van der Waals surface area contributed by atoms with Crippen LogP contribution in [0.4, 0.5) is 11.4 Å². The average molecular weight is 469 g/mol. The van der Waals surface area contributed by atoms with Gasteiger partial charge in [-0.3, -0.25) is 14.4 Å². The number of rotatable bonds is 7. The summed E-state index contributed by atoms with van der Waals surface area (Å²) in [5.41, 5.74) is 8.46. The summed E-state index contributed by atoms with van der Waals surface area (Å²) in [6.45, 7) is -0.153.